The average Bonchev–Trinajstić information content (AvgIpc) is 1.99. The van der Waals surface area contributed by atoms with Crippen LogP contribution in [0.2, 0.25) is 0 Å². The Labute approximate surface area is 89.0 Å². The third kappa shape index (κ3) is 4.39. The molecule has 0 saturated carbocycles. The monoisotopic (exact) mass is 272 g/mol. The van der Waals surface area contributed by atoms with Crippen molar-refractivity contribution in [2.45, 2.75) is 19.9 Å². The first-order valence-corrected chi connectivity index (χ1v) is 6.63. The van der Waals surface area contributed by atoms with Crippen LogP contribution in [0.3, 0.4) is 0 Å². The van der Waals surface area contributed by atoms with Gasteiger partial charge in [0.2, 0.25) is 0 Å². The number of nitrogens with zero attached hydrogens (tertiary/aromatic N) is 1. The molecule has 0 aromatic rings. The van der Waals surface area contributed by atoms with E-state index >= 15 is 0 Å². The van der Waals surface area contributed by atoms with Gasteiger partial charge in [-0.05, 0) is 5.92 Å². The molecule has 6 heteroatoms. The van der Waals surface area contributed by atoms with E-state index in [9.17, 15) is 8.42 Å². The minimum absolute atomic E-state index is 0.0626. The second-order valence-electron chi connectivity index (χ2n) is 3.41. The second kappa shape index (κ2) is 5.29. The number of rotatable bonds is 5. The van der Waals surface area contributed by atoms with Gasteiger partial charge in [0.1, 0.15) is 0 Å². The van der Waals surface area contributed by atoms with E-state index in [1.807, 2.05) is 13.8 Å². The van der Waals surface area contributed by atoms with Crippen molar-refractivity contribution in [3.8, 4) is 0 Å². The Balaban J connectivity index is 4.41. The van der Waals surface area contributed by atoms with E-state index in [0.29, 0.717) is 5.33 Å². The summed E-state index contributed by atoms with van der Waals surface area (Å²) in [5, 5.41) is 0.623. The van der Waals surface area contributed by atoms with E-state index in [4.69, 9.17) is 0 Å². The second-order valence-corrected chi connectivity index (χ2v) is 5.97. The lowest BCUT2D eigenvalue weighted by Gasteiger charge is -2.22. The van der Waals surface area contributed by atoms with Crippen LogP contribution < -0.4 is 4.72 Å². The van der Waals surface area contributed by atoms with Crippen molar-refractivity contribution < 1.29 is 8.42 Å². The van der Waals surface area contributed by atoms with E-state index in [1.165, 1.54) is 18.4 Å². The van der Waals surface area contributed by atoms with Gasteiger partial charge in [0, 0.05) is 25.5 Å². The molecular formula is C7H17BrN2O2S. The first-order valence-electron chi connectivity index (χ1n) is 4.07. The van der Waals surface area contributed by atoms with Crippen molar-refractivity contribution in [3.05, 3.63) is 0 Å². The van der Waals surface area contributed by atoms with Gasteiger partial charge in [-0.25, -0.2) is 0 Å². The molecule has 0 aliphatic carbocycles. The summed E-state index contributed by atoms with van der Waals surface area (Å²) in [6, 6.07) is -0.0626. The Morgan fingerprint density at radius 3 is 2.08 bits per heavy atom. The van der Waals surface area contributed by atoms with Crippen LogP contribution in [0.5, 0.6) is 0 Å². The van der Waals surface area contributed by atoms with Gasteiger partial charge in [0.15, 0.2) is 0 Å². The number of hydrogen-bond donors (Lipinski definition) is 1. The predicted molar refractivity (Wildman–Crippen MR) is 58.2 cm³/mol. The summed E-state index contributed by atoms with van der Waals surface area (Å²) < 4.78 is 26.6. The molecule has 0 aliphatic rings. The van der Waals surface area contributed by atoms with Crippen LogP contribution in [0.1, 0.15) is 13.8 Å². The third-order valence-electron chi connectivity index (χ3n) is 1.75. The van der Waals surface area contributed by atoms with E-state index in [0.717, 1.165) is 0 Å². The van der Waals surface area contributed by atoms with Crippen LogP contribution in [0.25, 0.3) is 0 Å². The molecule has 0 rings (SSSR count). The van der Waals surface area contributed by atoms with Crippen LogP contribution in [0, 0.1) is 5.92 Å². The lowest BCUT2D eigenvalue weighted by molar-refractivity contribution is 0.452. The zero-order chi connectivity index (χ0) is 10.6. The molecule has 1 unspecified atom stereocenters. The summed E-state index contributed by atoms with van der Waals surface area (Å²) in [5.41, 5.74) is 0. The molecule has 1 atom stereocenters. The molecule has 0 bridgehead atoms. The largest absolute Gasteiger partial charge is 0.279 e. The van der Waals surface area contributed by atoms with Crippen LogP contribution in [-0.2, 0) is 10.2 Å². The summed E-state index contributed by atoms with van der Waals surface area (Å²) in [4.78, 5) is 0. The summed E-state index contributed by atoms with van der Waals surface area (Å²) in [6.45, 7) is 3.95. The molecule has 0 aliphatic heterocycles. The van der Waals surface area contributed by atoms with Crippen LogP contribution in [0.4, 0.5) is 0 Å². The molecule has 0 saturated heterocycles. The fourth-order valence-corrected chi connectivity index (χ4v) is 2.72. The highest BCUT2D eigenvalue weighted by Crippen LogP contribution is 2.06. The SMILES string of the molecule is CC(C)C(CBr)NS(=O)(=O)N(C)C. The molecule has 0 aromatic carbocycles. The molecule has 0 fully saturated rings. The zero-order valence-corrected chi connectivity index (χ0v) is 10.8. The minimum Gasteiger partial charge on any atom is -0.198 e. The average molecular weight is 273 g/mol. The van der Waals surface area contributed by atoms with Gasteiger partial charge in [0.25, 0.3) is 10.2 Å². The number of hydrogen-bond acceptors (Lipinski definition) is 2. The maximum Gasteiger partial charge on any atom is 0.279 e. The first kappa shape index (κ1) is 13.4. The van der Waals surface area contributed by atoms with E-state index in [1.54, 1.807) is 0 Å². The van der Waals surface area contributed by atoms with Crippen molar-refractivity contribution in [1.29, 1.82) is 0 Å². The summed E-state index contributed by atoms with van der Waals surface area (Å²) in [7, 11) is -0.285. The molecule has 80 valence electrons. The summed E-state index contributed by atoms with van der Waals surface area (Å²) >= 11 is 3.27. The van der Waals surface area contributed by atoms with Gasteiger partial charge >= 0.3 is 0 Å². The molecule has 0 radical (unpaired) electrons. The molecule has 0 aromatic heterocycles. The maximum atomic E-state index is 11.4. The van der Waals surface area contributed by atoms with Crippen molar-refractivity contribution in [1.82, 2.24) is 9.03 Å². The molecule has 4 nitrogen and oxygen atoms in total. The highest BCUT2D eigenvalue weighted by molar-refractivity contribution is 9.09. The lowest BCUT2D eigenvalue weighted by atomic mass is 10.1. The number of nitrogens with one attached hydrogen (secondary N) is 1. The quantitative estimate of drug-likeness (QED) is 0.753. The molecule has 1 N–H and O–H groups in total. The van der Waals surface area contributed by atoms with Crippen LogP contribution in [-0.4, -0.2) is 38.2 Å². The number of halogens is 1. The number of alkyl halides is 1. The van der Waals surface area contributed by atoms with E-state index in [-0.39, 0.29) is 12.0 Å². The highest BCUT2D eigenvalue weighted by atomic mass is 79.9. The van der Waals surface area contributed by atoms with Crippen molar-refractivity contribution in [2.24, 2.45) is 5.92 Å². The van der Waals surface area contributed by atoms with Crippen molar-refractivity contribution >= 4 is 26.1 Å². The topological polar surface area (TPSA) is 49.4 Å². The Hall–Kier alpha value is 0.350. The first-order chi connectivity index (χ1) is 5.81. The van der Waals surface area contributed by atoms with E-state index < -0.39 is 10.2 Å². The highest BCUT2D eigenvalue weighted by Gasteiger charge is 2.20. The fraction of sp³-hybridized carbons (Fsp3) is 1.00. The normalized spacial score (nSPS) is 15.3. The van der Waals surface area contributed by atoms with Gasteiger partial charge < -0.3 is 0 Å². The van der Waals surface area contributed by atoms with Gasteiger partial charge in [-0.15, -0.1) is 0 Å². The molecule has 0 heterocycles. The Bertz CT molecular complexity index is 239. The van der Waals surface area contributed by atoms with Crippen LogP contribution >= 0.6 is 15.9 Å². The third-order valence-corrected chi connectivity index (χ3v) is 4.01. The smallest absolute Gasteiger partial charge is 0.198 e. The summed E-state index contributed by atoms with van der Waals surface area (Å²) in [6.07, 6.45) is 0. The standard InChI is InChI=1S/C7H17BrN2O2S/c1-6(2)7(5-8)9-13(11,12)10(3)4/h6-7,9H,5H2,1-4H3. The summed E-state index contributed by atoms with van der Waals surface area (Å²) in [5.74, 6) is 0.272. The predicted octanol–water partition coefficient (Wildman–Crippen LogP) is 0.802. The van der Waals surface area contributed by atoms with Gasteiger partial charge in [-0.1, -0.05) is 29.8 Å². The van der Waals surface area contributed by atoms with Crippen LogP contribution in [0.15, 0.2) is 0 Å². The van der Waals surface area contributed by atoms with Gasteiger partial charge in [-0.3, -0.25) is 0 Å². The molecule has 0 amide bonds. The molecular weight excluding hydrogens is 256 g/mol. The lowest BCUT2D eigenvalue weighted by Crippen LogP contribution is -2.45. The Morgan fingerprint density at radius 2 is 1.85 bits per heavy atom. The van der Waals surface area contributed by atoms with Gasteiger partial charge in [-0.2, -0.15) is 17.4 Å². The van der Waals surface area contributed by atoms with Crippen molar-refractivity contribution in [2.75, 3.05) is 19.4 Å². The Kier molecular flexibility index (Phi) is 5.43. The fourth-order valence-electron chi connectivity index (χ4n) is 0.642. The Morgan fingerprint density at radius 1 is 1.38 bits per heavy atom. The molecule has 13 heavy (non-hydrogen) atoms. The minimum atomic E-state index is -3.30. The maximum absolute atomic E-state index is 11.4. The van der Waals surface area contributed by atoms with Crippen molar-refractivity contribution in [3.63, 3.8) is 0 Å². The van der Waals surface area contributed by atoms with Gasteiger partial charge in [0.05, 0.1) is 0 Å². The van der Waals surface area contributed by atoms with E-state index in [2.05, 4.69) is 20.7 Å². The zero-order valence-electron chi connectivity index (χ0n) is 8.41. The molecule has 0 spiro atoms.